The maximum absolute atomic E-state index is 5.26. The molecule has 0 aliphatic rings. The van der Waals surface area contributed by atoms with Crippen LogP contribution in [0.5, 0.6) is 5.88 Å². The van der Waals surface area contributed by atoms with E-state index in [4.69, 9.17) is 9.47 Å². The van der Waals surface area contributed by atoms with Crippen molar-refractivity contribution < 1.29 is 9.47 Å². The summed E-state index contributed by atoms with van der Waals surface area (Å²) in [7, 11) is 7.33. The van der Waals surface area contributed by atoms with Crippen LogP contribution in [0.25, 0.3) is 0 Å². The molecule has 0 fully saturated rings. The summed E-state index contributed by atoms with van der Waals surface area (Å²) < 4.78 is 10.3. The van der Waals surface area contributed by atoms with Crippen LogP contribution in [-0.2, 0) is 11.3 Å². The number of hydrogen-bond acceptors (Lipinski definition) is 6. The molecule has 0 unspecified atom stereocenters. The van der Waals surface area contributed by atoms with Gasteiger partial charge >= 0.3 is 0 Å². The van der Waals surface area contributed by atoms with Crippen molar-refractivity contribution in [2.45, 2.75) is 13.0 Å². The fourth-order valence-corrected chi connectivity index (χ4v) is 2.25. The second kappa shape index (κ2) is 7.47. The van der Waals surface area contributed by atoms with Crippen molar-refractivity contribution in [1.29, 1.82) is 0 Å². The van der Waals surface area contributed by atoms with Gasteiger partial charge in [0.25, 0.3) is 0 Å². The fraction of sp³-hybridized carbons (Fsp3) is 0.727. The Morgan fingerprint density at radius 2 is 2.12 bits per heavy atom. The lowest BCUT2D eigenvalue weighted by Crippen LogP contribution is -2.15. The highest BCUT2D eigenvalue weighted by molar-refractivity contribution is 7.15. The zero-order valence-corrected chi connectivity index (χ0v) is 11.8. The van der Waals surface area contributed by atoms with Crippen LogP contribution < -0.4 is 15.0 Å². The van der Waals surface area contributed by atoms with Crippen molar-refractivity contribution in [3.63, 3.8) is 0 Å². The standard InChI is InChI=1S/C11H21N3O2S/c1-14(2)11-13-10(16-4)9(17-11)8-12-6-5-7-15-3/h12H,5-8H2,1-4H3. The molecule has 0 saturated heterocycles. The van der Waals surface area contributed by atoms with E-state index in [-0.39, 0.29) is 0 Å². The Morgan fingerprint density at radius 3 is 2.71 bits per heavy atom. The third kappa shape index (κ3) is 4.49. The number of thiazole rings is 1. The molecule has 5 nitrogen and oxygen atoms in total. The Balaban J connectivity index is 2.46. The Morgan fingerprint density at radius 1 is 1.35 bits per heavy atom. The molecule has 0 aromatic carbocycles. The van der Waals surface area contributed by atoms with Crippen molar-refractivity contribution >= 4 is 16.5 Å². The van der Waals surface area contributed by atoms with Gasteiger partial charge in [-0.25, -0.2) is 0 Å². The van der Waals surface area contributed by atoms with E-state index in [0.29, 0.717) is 0 Å². The van der Waals surface area contributed by atoms with Gasteiger partial charge in [0, 0.05) is 34.4 Å². The van der Waals surface area contributed by atoms with Gasteiger partial charge in [0.2, 0.25) is 5.88 Å². The summed E-state index contributed by atoms with van der Waals surface area (Å²) in [5, 5.41) is 4.32. The largest absolute Gasteiger partial charge is 0.480 e. The average Bonchev–Trinajstić information content (AvgIpc) is 2.72. The number of nitrogens with zero attached hydrogens (tertiary/aromatic N) is 2. The number of anilines is 1. The summed E-state index contributed by atoms with van der Waals surface area (Å²) in [5.74, 6) is 0.720. The quantitative estimate of drug-likeness (QED) is 0.714. The van der Waals surface area contributed by atoms with Gasteiger partial charge in [-0.05, 0) is 13.0 Å². The molecule has 1 aromatic rings. The first-order chi connectivity index (χ1) is 8.19. The predicted octanol–water partition coefficient (Wildman–Crippen LogP) is 1.34. The third-order valence-electron chi connectivity index (χ3n) is 2.21. The van der Waals surface area contributed by atoms with E-state index >= 15 is 0 Å². The lowest BCUT2D eigenvalue weighted by Gasteiger charge is -2.05. The summed E-state index contributed by atoms with van der Waals surface area (Å²) >= 11 is 1.65. The smallest absolute Gasteiger partial charge is 0.230 e. The summed E-state index contributed by atoms with van der Waals surface area (Å²) in [6, 6.07) is 0. The van der Waals surface area contributed by atoms with Crippen molar-refractivity contribution in [3.8, 4) is 5.88 Å². The van der Waals surface area contributed by atoms with Crippen LogP contribution in [0.4, 0.5) is 5.13 Å². The number of aromatic nitrogens is 1. The van der Waals surface area contributed by atoms with E-state index in [9.17, 15) is 0 Å². The molecule has 0 spiro atoms. The number of methoxy groups -OCH3 is 2. The first-order valence-electron chi connectivity index (χ1n) is 5.59. The number of ether oxygens (including phenoxy) is 2. The third-order valence-corrected chi connectivity index (χ3v) is 3.42. The van der Waals surface area contributed by atoms with Crippen molar-refractivity contribution in [2.24, 2.45) is 0 Å². The van der Waals surface area contributed by atoms with Crippen molar-refractivity contribution in [2.75, 3.05) is 46.4 Å². The zero-order chi connectivity index (χ0) is 12.7. The van der Waals surface area contributed by atoms with Crippen LogP contribution in [-0.4, -0.2) is 46.5 Å². The van der Waals surface area contributed by atoms with Gasteiger partial charge in [-0.1, -0.05) is 11.3 Å². The molecule has 0 aliphatic heterocycles. The minimum Gasteiger partial charge on any atom is -0.480 e. The van der Waals surface area contributed by atoms with E-state index in [1.54, 1.807) is 25.6 Å². The molecular formula is C11H21N3O2S. The first-order valence-corrected chi connectivity index (χ1v) is 6.41. The summed E-state index contributed by atoms with van der Waals surface area (Å²) in [5.41, 5.74) is 0. The number of rotatable bonds is 8. The molecule has 17 heavy (non-hydrogen) atoms. The van der Waals surface area contributed by atoms with E-state index < -0.39 is 0 Å². The normalized spacial score (nSPS) is 10.6. The second-order valence-corrected chi connectivity index (χ2v) is 4.91. The molecule has 0 saturated carbocycles. The molecule has 1 N–H and O–H groups in total. The molecule has 1 heterocycles. The second-order valence-electron chi connectivity index (χ2n) is 3.85. The van der Waals surface area contributed by atoms with Crippen LogP contribution in [0.1, 0.15) is 11.3 Å². The highest BCUT2D eigenvalue weighted by Gasteiger charge is 2.12. The van der Waals surface area contributed by atoms with Gasteiger partial charge in [-0.15, -0.1) is 0 Å². The minimum absolute atomic E-state index is 0.720. The van der Waals surface area contributed by atoms with E-state index in [1.165, 1.54) is 0 Å². The molecule has 0 radical (unpaired) electrons. The van der Waals surface area contributed by atoms with Crippen LogP contribution >= 0.6 is 11.3 Å². The summed E-state index contributed by atoms with van der Waals surface area (Å²) in [6.07, 6.45) is 1.01. The lowest BCUT2D eigenvalue weighted by atomic mass is 10.4. The van der Waals surface area contributed by atoms with Crippen molar-refractivity contribution in [1.82, 2.24) is 10.3 Å². The first kappa shape index (κ1) is 14.2. The van der Waals surface area contributed by atoms with Gasteiger partial charge in [0.15, 0.2) is 5.13 Å². The highest BCUT2D eigenvalue weighted by Crippen LogP contribution is 2.29. The monoisotopic (exact) mass is 259 g/mol. The number of nitrogens with one attached hydrogen (secondary N) is 1. The SMILES string of the molecule is COCCCNCc1sc(N(C)C)nc1OC. The lowest BCUT2D eigenvalue weighted by molar-refractivity contribution is 0.194. The minimum atomic E-state index is 0.720. The van der Waals surface area contributed by atoms with Gasteiger partial charge in [-0.3, -0.25) is 0 Å². The molecule has 0 bridgehead atoms. The van der Waals surface area contributed by atoms with Crippen LogP contribution in [0.15, 0.2) is 0 Å². The molecular weight excluding hydrogens is 238 g/mol. The molecule has 0 aliphatic carbocycles. The average molecular weight is 259 g/mol. The molecule has 0 atom stereocenters. The Bertz CT molecular complexity index is 329. The Kier molecular flexibility index (Phi) is 6.25. The fourth-order valence-electron chi connectivity index (χ4n) is 1.33. The Hall–Kier alpha value is -0.850. The molecule has 1 rings (SSSR count). The van der Waals surface area contributed by atoms with Crippen molar-refractivity contribution in [3.05, 3.63) is 4.88 Å². The van der Waals surface area contributed by atoms with E-state index in [1.807, 2.05) is 19.0 Å². The Labute approximate surface area is 107 Å². The van der Waals surface area contributed by atoms with E-state index in [2.05, 4.69) is 10.3 Å². The molecule has 6 heteroatoms. The van der Waals surface area contributed by atoms with E-state index in [0.717, 1.165) is 42.0 Å². The topological polar surface area (TPSA) is 46.6 Å². The molecule has 98 valence electrons. The van der Waals surface area contributed by atoms with Gasteiger partial charge < -0.3 is 19.7 Å². The summed E-state index contributed by atoms with van der Waals surface area (Å²) in [6.45, 7) is 2.51. The van der Waals surface area contributed by atoms with Crippen LogP contribution in [0, 0.1) is 0 Å². The zero-order valence-electron chi connectivity index (χ0n) is 10.9. The highest BCUT2D eigenvalue weighted by atomic mass is 32.1. The number of hydrogen-bond donors (Lipinski definition) is 1. The summed E-state index contributed by atoms with van der Waals surface area (Å²) in [4.78, 5) is 7.52. The maximum Gasteiger partial charge on any atom is 0.230 e. The van der Waals surface area contributed by atoms with Gasteiger partial charge in [-0.2, -0.15) is 4.98 Å². The van der Waals surface area contributed by atoms with Crippen LogP contribution in [0.2, 0.25) is 0 Å². The predicted molar refractivity (Wildman–Crippen MR) is 71.2 cm³/mol. The molecule has 1 aromatic heterocycles. The van der Waals surface area contributed by atoms with Crippen LogP contribution in [0.3, 0.4) is 0 Å². The van der Waals surface area contributed by atoms with Gasteiger partial charge in [0.05, 0.1) is 12.0 Å². The van der Waals surface area contributed by atoms with Gasteiger partial charge in [0.1, 0.15) is 0 Å². The maximum atomic E-state index is 5.26. The molecule has 0 amide bonds.